The number of benzene rings is 1. The Bertz CT molecular complexity index is 790. The van der Waals surface area contributed by atoms with Crippen LogP contribution < -0.4 is 4.90 Å². The van der Waals surface area contributed by atoms with Crippen LogP contribution in [0.5, 0.6) is 0 Å². The summed E-state index contributed by atoms with van der Waals surface area (Å²) in [6, 6.07) is 7.92. The van der Waals surface area contributed by atoms with E-state index in [2.05, 4.69) is 4.98 Å². The molecule has 6 heteroatoms. The van der Waals surface area contributed by atoms with Gasteiger partial charge in [-0.15, -0.1) is 0 Å². The number of carbonyl (C=O) groups excluding carboxylic acids is 1. The van der Waals surface area contributed by atoms with Crippen molar-refractivity contribution in [2.24, 2.45) is 0 Å². The summed E-state index contributed by atoms with van der Waals surface area (Å²) in [5, 5.41) is 19.6. The molecule has 132 valence electrons. The molecule has 1 aliphatic rings. The van der Waals surface area contributed by atoms with E-state index < -0.39 is 12.7 Å². The minimum absolute atomic E-state index is 0.319. The number of aliphatic hydroxyl groups excluding tert-OH is 2. The SMILES string of the molecule is CC1(C)CN(C=O)c2cc(Cc3ccc(F)cc3)c(C(O)CO)nc21. The van der Waals surface area contributed by atoms with Gasteiger partial charge in [0.1, 0.15) is 11.9 Å². The summed E-state index contributed by atoms with van der Waals surface area (Å²) in [6.07, 6.45) is 0.0842. The summed E-state index contributed by atoms with van der Waals surface area (Å²) in [6.45, 7) is 4.03. The predicted molar refractivity (Wildman–Crippen MR) is 91.9 cm³/mol. The fraction of sp³-hybridized carbons (Fsp3) is 0.368. The summed E-state index contributed by atoms with van der Waals surface area (Å²) in [5.74, 6) is -0.319. The molecule has 0 aliphatic carbocycles. The highest BCUT2D eigenvalue weighted by Crippen LogP contribution is 2.40. The van der Waals surface area contributed by atoms with Crippen molar-refractivity contribution < 1.29 is 19.4 Å². The lowest BCUT2D eigenvalue weighted by Crippen LogP contribution is -2.27. The van der Waals surface area contributed by atoms with Crippen LogP contribution in [0.25, 0.3) is 0 Å². The number of rotatable bonds is 5. The molecular formula is C19H21FN2O3. The van der Waals surface area contributed by atoms with Crippen molar-refractivity contribution in [3.63, 3.8) is 0 Å². The number of pyridine rings is 1. The summed E-state index contributed by atoms with van der Waals surface area (Å²) >= 11 is 0. The molecule has 25 heavy (non-hydrogen) atoms. The van der Waals surface area contributed by atoms with E-state index in [-0.39, 0.29) is 11.2 Å². The van der Waals surface area contributed by atoms with Crippen LogP contribution in [-0.2, 0) is 16.6 Å². The standard InChI is InChI=1S/C19H21FN2O3/c1-19(2)10-22(11-24)15-8-13(7-12-3-5-14(20)6-4-12)17(16(25)9-23)21-18(15)19/h3-6,8,11,16,23,25H,7,9-10H2,1-2H3. The van der Waals surface area contributed by atoms with Crippen molar-refractivity contribution in [1.29, 1.82) is 0 Å². The molecule has 0 bridgehead atoms. The van der Waals surface area contributed by atoms with Gasteiger partial charge in [0.05, 0.1) is 23.7 Å². The number of hydrogen-bond acceptors (Lipinski definition) is 4. The molecule has 0 spiro atoms. The van der Waals surface area contributed by atoms with Gasteiger partial charge in [0.2, 0.25) is 6.41 Å². The zero-order chi connectivity index (χ0) is 18.2. The molecule has 2 heterocycles. The monoisotopic (exact) mass is 344 g/mol. The lowest BCUT2D eigenvalue weighted by molar-refractivity contribution is -0.107. The summed E-state index contributed by atoms with van der Waals surface area (Å²) in [4.78, 5) is 17.6. The molecule has 1 atom stereocenters. The molecule has 0 fully saturated rings. The minimum Gasteiger partial charge on any atom is -0.393 e. The third-order valence-corrected chi connectivity index (χ3v) is 4.55. The van der Waals surface area contributed by atoms with Crippen molar-refractivity contribution in [1.82, 2.24) is 4.98 Å². The molecule has 1 unspecified atom stereocenters. The Balaban J connectivity index is 2.10. The second-order valence-corrected chi connectivity index (χ2v) is 7.02. The highest BCUT2D eigenvalue weighted by atomic mass is 19.1. The van der Waals surface area contributed by atoms with Gasteiger partial charge in [-0.2, -0.15) is 0 Å². The molecule has 0 saturated heterocycles. The van der Waals surface area contributed by atoms with Gasteiger partial charge in [-0.1, -0.05) is 26.0 Å². The van der Waals surface area contributed by atoms with Gasteiger partial charge in [0.25, 0.3) is 0 Å². The van der Waals surface area contributed by atoms with Crippen LogP contribution in [0.1, 0.15) is 42.5 Å². The van der Waals surface area contributed by atoms with Gasteiger partial charge in [0, 0.05) is 12.0 Å². The van der Waals surface area contributed by atoms with Crippen molar-refractivity contribution in [2.45, 2.75) is 31.8 Å². The lowest BCUT2D eigenvalue weighted by Gasteiger charge is -2.19. The van der Waals surface area contributed by atoms with E-state index >= 15 is 0 Å². The van der Waals surface area contributed by atoms with Crippen molar-refractivity contribution >= 4 is 12.1 Å². The molecule has 3 rings (SSSR count). The molecule has 0 saturated carbocycles. The van der Waals surface area contributed by atoms with Crippen LogP contribution in [0.15, 0.2) is 30.3 Å². The first kappa shape index (κ1) is 17.5. The van der Waals surface area contributed by atoms with Gasteiger partial charge in [0.15, 0.2) is 0 Å². The van der Waals surface area contributed by atoms with Crippen LogP contribution in [0, 0.1) is 5.82 Å². The number of hydrogen-bond donors (Lipinski definition) is 2. The summed E-state index contributed by atoms with van der Waals surface area (Å²) in [7, 11) is 0. The lowest BCUT2D eigenvalue weighted by atomic mass is 9.90. The second kappa shape index (κ2) is 6.54. The minimum atomic E-state index is -1.11. The summed E-state index contributed by atoms with van der Waals surface area (Å²) in [5.41, 5.74) is 3.05. The van der Waals surface area contributed by atoms with Gasteiger partial charge < -0.3 is 15.1 Å². The Morgan fingerprint density at radius 1 is 1.36 bits per heavy atom. The molecule has 1 amide bonds. The molecule has 1 aromatic heterocycles. The van der Waals surface area contributed by atoms with Crippen molar-refractivity contribution in [3.8, 4) is 0 Å². The highest BCUT2D eigenvalue weighted by molar-refractivity contribution is 5.81. The fourth-order valence-electron chi connectivity index (χ4n) is 3.29. The quantitative estimate of drug-likeness (QED) is 0.815. The fourth-order valence-corrected chi connectivity index (χ4v) is 3.29. The molecule has 2 aromatic rings. The number of carbonyl (C=O) groups is 1. The number of aromatic nitrogens is 1. The Morgan fingerprint density at radius 2 is 2.04 bits per heavy atom. The van der Waals surface area contributed by atoms with Crippen LogP contribution in [0.2, 0.25) is 0 Å². The molecule has 5 nitrogen and oxygen atoms in total. The predicted octanol–water partition coefficient (Wildman–Crippen LogP) is 2.09. The normalized spacial score (nSPS) is 16.6. The zero-order valence-corrected chi connectivity index (χ0v) is 14.2. The number of anilines is 1. The Morgan fingerprint density at radius 3 is 2.64 bits per heavy atom. The Kier molecular flexibility index (Phi) is 4.58. The van der Waals surface area contributed by atoms with Gasteiger partial charge >= 0.3 is 0 Å². The van der Waals surface area contributed by atoms with Crippen LogP contribution in [0.4, 0.5) is 10.1 Å². The molecule has 1 aromatic carbocycles. The van der Waals surface area contributed by atoms with E-state index in [1.807, 2.05) is 19.9 Å². The Labute approximate surface area is 145 Å². The van der Waals surface area contributed by atoms with E-state index in [0.29, 0.717) is 29.9 Å². The molecule has 1 aliphatic heterocycles. The number of halogens is 1. The number of nitrogens with zero attached hydrogens (tertiary/aromatic N) is 2. The average Bonchev–Trinajstić information content (AvgIpc) is 2.85. The molecular weight excluding hydrogens is 323 g/mol. The number of amides is 1. The molecule has 2 N–H and O–H groups in total. The van der Waals surface area contributed by atoms with E-state index in [1.165, 1.54) is 12.1 Å². The maximum absolute atomic E-state index is 13.1. The largest absolute Gasteiger partial charge is 0.393 e. The van der Waals surface area contributed by atoms with Crippen LogP contribution >= 0.6 is 0 Å². The van der Waals surface area contributed by atoms with E-state index in [0.717, 1.165) is 17.7 Å². The van der Waals surface area contributed by atoms with Crippen LogP contribution in [-0.4, -0.2) is 34.8 Å². The average molecular weight is 344 g/mol. The van der Waals surface area contributed by atoms with E-state index in [9.17, 15) is 19.4 Å². The maximum Gasteiger partial charge on any atom is 0.214 e. The van der Waals surface area contributed by atoms with E-state index in [1.54, 1.807) is 17.0 Å². The second-order valence-electron chi connectivity index (χ2n) is 7.02. The van der Waals surface area contributed by atoms with Crippen LogP contribution in [0.3, 0.4) is 0 Å². The first-order valence-electron chi connectivity index (χ1n) is 8.15. The van der Waals surface area contributed by atoms with Gasteiger partial charge in [-0.25, -0.2) is 4.39 Å². The summed E-state index contributed by atoms with van der Waals surface area (Å²) < 4.78 is 13.1. The molecule has 0 radical (unpaired) electrons. The smallest absolute Gasteiger partial charge is 0.214 e. The maximum atomic E-state index is 13.1. The van der Waals surface area contributed by atoms with Crippen molar-refractivity contribution in [2.75, 3.05) is 18.1 Å². The third-order valence-electron chi connectivity index (χ3n) is 4.55. The topological polar surface area (TPSA) is 73.7 Å². The van der Waals surface area contributed by atoms with Crippen molar-refractivity contribution in [3.05, 3.63) is 58.7 Å². The third kappa shape index (κ3) is 3.27. The van der Waals surface area contributed by atoms with Gasteiger partial charge in [-0.05, 0) is 35.7 Å². The van der Waals surface area contributed by atoms with E-state index in [4.69, 9.17) is 0 Å². The van der Waals surface area contributed by atoms with Gasteiger partial charge in [-0.3, -0.25) is 9.78 Å². The first-order valence-corrected chi connectivity index (χ1v) is 8.15. The number of aliphatic hydroxyl groups is 2. The zero-order valence-electron chi connectivity index (χ0n) is 14.2. The highest BCUT2D eigenvalue weighted by Gasteiger charge is 2.38. The Hall–Kier alpha value is -2.31. The first-order chi connectivity index (χ1) is 11.9. The number of fused-ring (bicyclic) bond motifs is 1.